The molecule has 17 heavy (non-hydrogen) atoms. The number of aromatic nitrogens is 2. The van der Waals surface area contributed by atoms with Crippen molar-refractivity contribution in [1.82, 2.24) is 10.1 Å². The summed E-state index contributed by atoms with van der Waals surface area (Å²) >= 11 is 0. The minimum atomic E-state index is -0.497. The molecule has 0 saturated carbocycles. The topological polar surface area (TPSA) is 68.4 Å². The molecule has 1 aromatic heterocycles. The van der Waals surface area contributed by atoms with Crippen molar-refractivity contribution >= 4 is 0 Å². The minimum absolute atomic E-state index is 0.150. The molecule has 0 bridgehead atoms. The van der Waals surface area contributed by atoms with Crippen LogP contribution in [0.1, 0.15) is 57.7 Å². The predicted molar refractivity (Wildman–Crippen MR) is 61.5 cm³/mol. The highest BCUT2D eigenvalue weighted by Crippen LogP contribution is 2.33. The third-order valence-electron chi connectivity index (χ3n) is 3.50. The Labute approximate surface area is 101 Å². The first-order chi connectivity index (χ1) is 8.03. The molecule has 5 nitrogen and oxygen atoms in total. The number of aliphatic hydroxyl groups excluding tert-OH is 1. The van der Waals surface area contributed by atoms with E-state index >= 15 is 0 Å². The monoisotopic (exact) mass is 240 g/mol. The second-order valence-electron chi connectivity index (χ2n) is 5.02. The summed E-state index contributed by atoms with van der Waals surface area (Å²) in [6.45, 7) is 6.32. The Kier molecular flexibility index (Phi) is 3.49. The summed E-state index contributed by atoms with van der Waals surface area (Å²) in [4.78, 5) is 4.36. The van der Waals surface area contributed by atoms with Crippen LogP contribution in [0.3, 0.4) is 0 Å². The third-order valence-corrected chi connectivity index (χ3v) is 3.50. The second-order valence-corrected chi connectivity index (χ2v) is 5.02. The van der Waals surface area contributed by atoms with Crippen LogP contribution in [0.2, 0.25) is 0 Å². The van der Waals surface area contributed by atoms with E-state index in [2.05, 4.69) is 10.1 Å². The van der Waals surface area contributed by atoms with Gasteiger partial charge in [0.25, 0.3) is 0 Å². The van der Waals surface area contributed by atoms with E-state index < -0.39 is 11.7 Å². The van der Waals surface area contributed by atoms with Gasteiger partial charge in [-0.25, -0.2) is 0 Å². The SMILES string of the molecule is CC(O)C(C)c1nc(C2(C)CCCCO2)no1. The molecular formula is C12H20N2O3. The van der Waals surface area contributed by atoms with Gasteiger partial charge in [0, 0.05) is 6.61 Å². The van der Waals surface area contributed by atoms with E-state index in [1.54, 1.807) is 6.92 Å². The Balaban J connectivity index is 2.17. The van der Waals surface area contributed by atoms with E-state index in [-0.39, 0.29) is 5.92 Å². The Hall–Kier alpha value is -0.940. The molecule has 2 rings (SSSR count). The molecule has 1 aliphatic rings. The van der Waals surface area contributed by atoms with Gasteiger partial charge in [-0.2, -0.15) is 4.98 Å². The van der Waals surface area contributed by atoms with Gasteiger partial charge in [0.1, 0.15) is 5.60 Å². The molecule has 0 aromatic carbocycles. The molecule has 1 fully saturated rings. The van der Waals surface area contributed by atoms with E-state index in [9.17, 15) is 5.11 Å². The molecule has 0 spiro atoms. The molecule has 5 heteroatoms. The molecular weight excluding hydrogens is 220 g/mol. The highest BCUT2D eigenvalue weighted by atomic mass is 16.5. The minimum Gasteiger partial charge on any atom is -0.393 e. The molecule has 0 aliphatic carbocycles. The summed E-state index contributed by atoms with van der Waals surface area (Å²) < 4.78 is 11.0. The zero-order valence-corrected chi connectivity index (χ0v) is 10.6. The molecule has 1 aliphatic heterocycles. The van der Waals surface area contributed by atoms with Crippen LogP contribution in [-0.2, 0) is 10.3 Å². The first kappa shape index (κ1) is 12.5. The van der Waals surface area contributed by atoms with Gasteiger partial charge in [-0.15, -0.1) is 0 Å². The van der Waals surface area contributed by atoms with Crippen LogP contribution < -0.4 is 0 Å². The molecule has 1 aromatic rings. The number of nitrogens with zero attached hydrogens (tertiary/aromatic N) is 2. The summed E-state index contributed by atoms with van der Waals surface area (Å²) in [6, 6.07) is 0. The lowest BCUT2D eigenvalue weighted by molar-refractivity contribution is -0.0770. The first-order valence-corrected chi connectivity index (χ1v) is 6.19. The van der Waals surface area contributed by atoms with E-state index in [1.165, 1.54) is 0 Å². The van der Waals surface area contributed by atoms with Crippen molar-refractivity contribution < 1.29 is 14.4 Å². The Morgan fingerprint density at radius 3 is 2.71 bits per heavy atom. The van der Waals surface area contributed by atoms with Crippen LogP contribution in [0.25, 0.3) is 0 Å². The fraction of sp³-hybridized carbons (Fsp3) is 0.833. The summed E-state index contributed by atoms with van der Waals surface area (Å²) in [5, 5.41) is 13.5. The molecule has 0 amide bonds. The maximum absolute atomic E-state index is 9.50. The lowest BCUT2D eigenvalue weighted by atomic mass is 9.95. The van der Waals surface area contributed by atoms with E-state index in [0.29, 0.717) is 11.7 Å². The molecule has 1 N–H and O–H groups in total. The Bertz CT molecular complexity index is 370. The predicted octanol–water partition coefficient (Wildman–Crippen LogP) is 1.97. The van der Waals surface area contributed by atoms with Crippen LogP contribution in [0.5, 0.6) is 0 Å². The fourth-order valence-corrected chi connectivity index (χ4v) is 1.95. The van der Waals surface area contributed by atoms with Gasteiger partial charge in [-0.05, 0) is 33.1 Å². The zero-order chi connectivity index (χ0) is 12.5. The number of hydrogen-bond donors (Lipinski definition) is 1. The lowest BCUT2D eigenvalue weighted by Crippen LogP contribution is -2.31. The molecule has 3 unspecified atom stereocenters. The Morgan fingerprint density at radius 1 is 1.35 bits per heavy atom. The van der Waals surface area contributed by atoms with Crippen LogP contribution >= 0.6 is 0 Å². The van der Waals surface area contributed by atoms with E-state index in [1.807, 2.05) is 13.8 Å². The smallest absolute Gasteiger partial charge is 0.232 e. The van der Waals surface area contributed by atoms with Crippen LogP contribution in [0, 0.1) is 0 Å². The molecule has 2 heterocycles. The van der Waals surface area contributed by atoms with Crippen molar-refractivity contribution in [1.29, 1.82) is 0 Å². The highest BCUT2D eigenvalue weighted by molar-refractivity contribution is 5.03. The van der Waals surface area contributed by atoms with Crippen molar-refractivity contribution in [3.63, 3.8) is 0 Å². The highest BCUT2D eigenvalue weighted by Gasteiger charge is 2.35. The van der Waals surface area contributed by atoms with Crippen molar-refractivity contribution in [3.05, 3.63) is 11.7 Å². The van der Waals surface area contributed by atoms with Crippen LogP contribution in [0.4, 0.5) is 0 Å². The van der Waals surface area contributed by atoms with Crippen molar-refractivity contribution in [3.8, 4) is 0 Å². The average Bonchev–Trinajstić information content (AvgIpc) is 2.78. The summed E-state index contributed by atoms with van der Waals surface area (Å²) in [5.74, 6) is 0.925. The van der Waals surface area contributed by atoms with E-state index in [4.69, 9.17) is 9.26 Å². The fourth-order valence-electron chi connectivity index (χ4n) is 1.95. The zero-order valence-electron chi connectivity index (χ0n) is 10.6. The number of rotatable bonds is 3. The largest absolute Gasteiger partial charge is 0.393 e. The average molecular weight is 240 g/mol. The maximum Gasteiger partial charge on any atom is 0.232 e. The second kappa shape index (κ2) is 4.74. The molecule has 0 radical (unpaired) electrons. The normalized spacial score (nSPS) is 28.9. The van der Waals surface area contributed by atoms with Gasteiger partial charge in [0.2, 0.25) is 11.7 Å². The van der Waals surface area contributed by atoms with Crippen LogP contribution in [0.15, 0.2) is 4.52 Å². The van der Waals surface area contributed by atoms with Crippen LogP contribution in [-0.4, -0.2) is 28.0 Å². The van der Waals surface area contributed by atoms with Crippen molar-refractivity contribution in [2.45, 2.75) is 57.7 Å². The number of hydrogen-bond acceptors (Lipinski definition) is 5. The van der Waals surface area contributed by atoms with Gasteiger partial charge in [0.05, 0.1) is 12.0 Å². The summed E-state index contributed by atoms with van der Waals surface area (Å²) in [5.41, 5.74) is -0.432. The molecule has 96 valence electrons. The summed E-state index contributed by atoms with van der Waals surface area (Å²) in [6.07, 6.45) is 2.62. The maximum atomic E-state index is 9.50. The van der Waals surface area contributed by atoms with Gasteiger partial charge in [0.15, 0.2) is 0 Å². The van der Waals surface area contributed by atoms with Gasteiger partial charge in [-0.3, -0.25) is 0 Å². The van der Waals surface area contributed by atoms with Gasteiger partial charge < -0.3 is 14.4 Å². The quantitative estimate of drug-likeness (QED) is 0.874. The van der Waals surface area contributed by atoms with Gasteiger partial charge >= 0.3 is 0 Å². The number of aliphatic hydroxyl groups is 1. The Morgan fingerprint density at radius 2 is 2.12 bits per heavy atom. The number of ether oxygens (including phenoxy) is 1. The van der Waals surface area contributed by atoms with Crippen molar-refractivity contribution in [2.24, 2.45) is 0 Å². The van der Waals surface area contributed by atoms with E-state index in [0.717, 1.165) is 25.9 Å². The molecule has 3 atom stereocenters. The van der Waals surface area contributed by atoms with Crippen molar-refractivity contribution in [2.75, 3.05) is 6.61 Å². The summed E-state index contributed by atoms with van der Waals surface area (Å²) in [7, 11) is 0. The standard InChI is InChI=1S/C12H20N2O3/c1-8(9(2)15)10-13-11(14-17-10)12(3)6-4-5-7-16-12/h8-9,15H,4-7H2,1-3H3. The van der Waals surface area contributed by atoms with Gasteiger partial charge in [-0.1, -0.05) is 12.1 Å². The first-order valence-electron chi connectivity index (χ1n) is 6.19. The molecule has 1 saturated heterocycles. The lowest BCUT2D eigenvalue weighted by Gasteiger charge is -2.30. The third kappa shape index (κ3) is 2.50.